The molecule has 5 heteroatoms. The van der Waals surface area contributed by atoms with Crippen LogP contribution in [-0.2, 0) is 4.74 Å². The minimum absolute atomic E-state index is 0.393. The van der Waals surface area contributed by atoms with Crippen molar-refractivity contribution >= 4 is 17.9 Å². The number of para-hydroxylation sites is 1. The van der Waals surface area contributed by atoms with Crippen LogP contribution in [0.3, 0.4) is 0 Å². The number of benzene rings is 2. The number of carbonyl (C=O) groups is 1. The van der Waals surface area contributed by atoms with E-state index in [0.717, 1.165) is 17.7 Å². The van der Waals surface area contributed by atoms with Crippen LogP contribution in [0, 0.1) is 0 Å². The van der Waals surface area contributed by atoms with Crippen LogP contribution in [0.1, 0.15) is 29.3 Å². The first-order chi connectivity index (χ1) is 11.2. The number of hydrogen-bond acceptors (Lipinski definition) is 5. The van der Waals surface area contributed by atoms with Crippen LogP contribution in [-0.4, -0.2) is 25.9 Å². The van der Waals surface area contributed by atoms with E-state index >= 15 is 0 Å². The minimum atomic E-state index is -0.428. The number of hydrazone groups is 1. The number of hydrogen-bond donors (Lipinski definition) is 1. The molecule has 0 aliphatic rings. The zero-order valence-electron chi connectivity index (χ0n) is 13.3. The van der Waals surface area contributed by atoms with Crippen molar-refractivity contribution in [3.05, 3.63) is 59.7 Å². The molecule has 0 spiro atoms. The van der Waals surface area contributed by atoms with Crippen molar-refractivity contribution in [1.82, 2.24) is 0 Å². The Balaban J connectivity index is 2.14. The van der Waals surface area contributed by atoms with Gasteiger partial charge in [-0.3, -0.25) is 5.43 Å². The number of rotatable bonds is 7. The maximum absolute atomic E-state index is 11.9. The second-order valence-electron chi connectivity index (χ2n) is 4.83. The second-order valence-corrected chi connectivity index (χ2v) is 4.83. The topological polar surface area (TPSA) is 59.9 Å². The Bertz CT molecular complexity index is 669. The summed E-state index contributed by atoms with van der Waals surface area (Å²) in [6.45, 7) is 2.56. The summed E-state index contributed by atoms with van der Waals surface area (Å²) in [6, 6.07) is 14.9. The Kier molecular flexibility index (Phi) is 6.17. The smallest absolute Gasteiger partial charge is 0.341 e. The molecule has 2 aromatic carbocycles. The Hall–Kier alpha value is -2.82. The van der Waals surface area contributed by atoms with Crippen LogP contribution in [0.5, 0.6) is 5.75 Å². The number of ether oxygens (including phenoxy) is 2. The van der Waals surface area contributed by atoms with Crippen LogP contribution in [0.2, 0.25) is 0 Å². The monoisotopic (exact) mass is 312 g/mol. The SMILES string of the molecule is CCCOc1ccc(C=NNc2ccccc2)cc1C(=O)OC. The fourth-order valence-electron chi connectivity index (χ4n) is 1.93. The average molecular weight is 312 g/mol. The molecule has 0 amide bonds. The summed E-state index contributed by atoms with van der Waals surface area (Å²) in [5.74, 6) is 0.0919. The number of nitrogens with zero attached hydrogens (tertiary/aromatic N) is 1. The van der Waals surface area contributed by atoms with E-state index < -0.39 is 5.97 Å². The molecule has 0 bridgehead atoms. The Labute approximate surface area is 135 Å². The molecule has 0 atom stereocenters. The van der Waals surface area contributed by atoms with Gasteiger partial charge < -0.3 is 9.47 Å². The molecule has 0 aliphatic carbocycles. The largest absolute Gasteiger partial charge is 0.493 e. The molecule has 2 aromatic rings. The van der Waals surface area contributed by atoms with Gasteiger partial charge in [-0.1, -0.05) is 25.1 Å². The van der Waals surface area contributed by atoms with Gasteiger partial charge in [-0.25, -0.2) is 4.79 Å². The molecule has 1 N–H and O–H groups in total. The number of anilines is 1. The lowest BCUT2D eigenvalue weighted by Gasteiger charge is -2.10. The van der Waals surface area contributed by atoms with Crippen molar-refractivity contribution < 1.29 is 14.3 Å². The highest BCUT2D eigenvalue weighted by Crippen LogP contribution is 2.21. The van der Waals surface area contributed by atoms with E-state index in [1.807, 2.05) is 43.3 Å². The van der Waals surface area contributed by atoms with E-state index in [1.54, 1.807) is 18.3 Å². The fraction of sp³-hybridized carbons (Fsp3) is 0.222. The summed E-state index contributed by atoms with van der Waals surface area (Å²) >= 11 is 0. The van der Waals surface area contributed by atoms with Gasteiger partial charge in [0, 0.05) is 0 Å². The minimum Gasteiger partial charge on any atom is -0.493 e. The van der Waals surface area contributed by atoms with E-state index in [4.69, 9.17) is 9.47 Å². The predicted molar refractivity (Wildman–Crippen MR) is 91.2 cm³/mol. The van der Waals surface area contributed by atoms with Crippen molar-refractivity contribution in [3.63, 3.8) is 0 Å². The third-order valence-electron chi connectivity index (χ3n) is 3.05. The summed E-state index contributed by atoms with van der Waals surface area (Å²) in [4.78, 5) is 11.9. The van der Waals surface area contributed by atoms with Crippen molar-refractivity contribution in [2.45, 2.75) is 13.3 Å². The summed E-state index contributed by atoms with van der Waals surface area (Å²) in [7, 11) is 1.35. The van der Waals surface area contributed by atoms with Gasteiger partial charge in [0.15, 0.2) is 0 Å². The van der Waals surface area contributed by atoms with Crippen LogP contribution in [0.4, 0.5) is 5.69 Å². The lowest BCUT2D eigenvalue weighted by atomic mass is 10.1. The molecular weight excluding hydrogens is 292 g/mol. The molecule has 0 heterocycles. The number of nitrogens with one attached hydrogen (secondary N) is 1. The van der Waals surface area contributed by atoms with E-state index in [-0.39, 0.29) is 0 Å². The molecule has 2 rings (SSSR count). The predicted octanol–water partition coefficient (Wildman–Crippen LogP) is 3.71. The van der Waals surface area contributed by atoms with Crippen LogP contribution in [0.25, 0.3) is 0 Å². The average Bonchev–Trinajstić information content (AvgIpc) is 2.60. The molecule has 0 saturated carbocycles. The zero-order valence-corrected chi connectivity index (χ0v) is 13.3. The third kappa shape index (κ3) is 4.85. The van der Waals surface area contributed by atoms with Gasteiger partial charge in [0.1, 0.15) is 11.3 Å². The van der Waals surface area contributed by atoms with Gasteiger partial charge in [0.05, 0.1) is 25.6 Å². The van der Waals surface area contributed by atoms with Crippen molar-refractivity contribution in [1.29, 1.82) is 0 Å². The van der Waals surface area contributed by atoms with Gasteiger partial charge in [0.25, 0.3) is 0 Å². The maximum Gasteiger partial charge on any atom is 0.341 e. The zero-order chi connectivity index (χ0) is 16.5. The molecule has 0 radical (unpaired) electrons. The molecule has 0 saturated heterocycles. The van der Waals surface area contributed by atoms with Gasteiger partial charge in [-0.05, 0) is 42.3 Å². The second kappa shape index (κ2) is 8.58. The molecule has 0 unspecified atom stereocenters. The van der Waals surface area contributed by atoms with E-state index in [2.05, 4.69) is 10.5 Å². The van der Waals surface area contributed by atoms with Crippen LogP contribution >= 0.6 is 0 Å². The van der Waals surface area contributed by atoms with Crippen LogP contribution in [0.15, 0.2) is 53.6 Å². The Morgan fingerprint density at radius 2 is 2.00 bits per heavy atom. The van der Waals surface area contributed by atoms with Gasteiger partial charge in [-0.15, -0.1) is 0 Å². The first-order valence-corrected chi connectivity index (χ1v) is 7.44. The van der Waals surface area contributed by atoms with Crippen molar-refractivity contribution in [2.75, 3.05) is 19.1 Å². The fourth-order valence-corrected chi connectivity index (χ4v) is 1.93. The number of carbonyl (C=O) groups excluding carboxylic acids is 1. The van der Waals surface area contributed by atoms with Gasteiger partial charge in [-0.2, -0.15) is 5.10 Å². The molecule has 23 heavy (non-hydrogen) atoms. The quantitative estimate of drug-likeness (QED) is 0.481. The van der Waals surface area contributed by atoms with E-state index in [0.29, 0.717) is 17.9 Å². The summed E-state index contributed by atoms with van der Waals surface area (Å²) < 4.78 is 10.4. The highest BCUT2D eigenvalue weighted by Gasteiger charge is 2.13. The van der Waals surface area contributed by atoms with Crippen molar-refractivity contribution in [3.8, 4) is 5.75 Å². The molecule has 0 fully saturated rings. The molecule has 120 valence electrons. The maximum atomic E-state index is 11.9. The third-order valence-corrected chi connectivity index (χ3v) is 3.05. The molecule has 0 aliphatic heterocycles. The Morgan fingerprint density at radius 1 is 1.22 bits per heavy atom. The van der Waals surface area contributed by atoms with Crippen LogP contribution < -0.4 is 10.2 Å². The van der Waals surface area contributed by atoms with E-state index in [9.17, 15) is 4.79 Å². The first kappa shape index (κ1) is 16.5. The molecule has 0 aromatic heterocycles. The number of methoxy groups -OCH3 is 1. The standard InChI is InChI=1S/C18H20N2O3/c1-3-11-23-17-10-9-14(12-16(17)18(21)22-2)13-19-20-15-7-5-4-6-8-15/h4-10,12-13,20H,3,11H2,1-2H3. The van der Waals surface area contributed by atoms with E-state index in [1.165, 1.54) is 7.11 Å². The lowest BCUT2D eigenvalue weighted by Crippen LogP contribution is -2.07. The Morgan fingerprint density at radius 3 is 2.70 bits per heavy atom. The lowest BCUT2D eigenvalue weighted by molar-refractivity contribution is 0.0596. The number of esters is 1. The van der Waals surface area contributed by atoms with Gasteiger partial charge >= 0.3 is 5.97 Å². The summed E-state index contributed by atoms with van der Waals surface area (Å²) in [5.41, 5.74) is 4.98. The van der Waals surface area contributed by atoms with Crippen molar-refractivity contribution in [2.24, 2.45) is 5.10 Å². The normalized spacial score (nSPS) is 10.5. The molecular formula is C18H20N2O3. The highest BCUT2D eigenvalue weighted by atomic mass is 16.5. The summed E-state index contributed by atoms with van der Waals surface area (Å²) in [5, 5.41) is 4.16. The highest BCUT2D eigenvalue weighted by molar-refractivity contribution is 5.95. The van der Waals surface area contributed by atoms with Gasteiger partial charge in [0.2, 0.25) is 0 Å². The first-order valence-electron chi connectivity index (χ1n) is 7.44. The molecule has 5 nitrogen and oxygen atoms in total. The summed E-state index contributed by atoms with van der Waals surface area (Å²) in [6.07, 6.45) is 2.51.